The molecule has 22 heavy (non-hydrogen) atoms. The second-order valence-corrected chi connectivity index (χ2v) is 6.92. The number of hydrogen-bond acceptors (Lipinski definition) is 2. The lowest BCUT2D eigenvalue weighted by Gasteiger charge is -2.25. The van der Waals surface area contributed by atoms with Crippen LogP contribution in [0.1, 0.15) is 18.5 Å². The van der Waals surface area contributed by atoms with Crippen LogP contribution in [0.4, 0.5) is 0 Å². The Morgan fingerprint density at radius 2 is 1.73 bits per heavy atom. The number of benzene rings is 2. The van der Waals surface area contributed by atoms with Gasteiger partial charge in [-0.3, -0.25) is 9.00 Å². The van der Waals surface area contributed by atoms with Crippen molar-refractivity contribution in [1.82, 2.24) is 4.90 Å². The van der Waals surface area contributed by atoms with Crippen LogP contribution in [-0.4, -0.2) is 27.8 Å². The normalized spacial score (nSPS) is 13.4. The van der Waals surface area contributed by atoms with Gasteiger partial charge in [-0.2, -0.15) is 0 Å². The zero-order valence-corrected chi connectivity index (χ0v) is 14.1. The summed E-state index contributed by atoms with van der Waals surface area (Å²) in [6.07, 6.45) is 0. The van der Waals surface area contributed by atoms with Gasteiger partial charge >= 0.3 is 0 Å². The Hall–Kier alpha value is -1.65. The molecule has 0 N–H and O–H groups in total. The fourth-order valence-electron chi connectivity index (χ4n) is 2.05. The van der Waals surface area contributed by atoms with E-state index in [0.29, 0.717) is 9.92 Å². The number of rotatable bonds is 5. The monoisotopic (exact) mass is 335 g/mol. The Morgan fingerprint density at radius 3 is 2.32 bits per heavy atom. The Balaban J connectivity index is 2.02. The van der Waals surface area contributed by atoms with Crippen molar-refractivity contribution in [3.05, 3.63) is 65.2 Å². The van der Waals surface area contributed by atoms with Gasteiger partial charge in [0.25, 0.3) is 0 Å². The number of hydrogen-bond donors (Lipinski definition) is 0. The van der Waals surface area contributed by atoms with Crippen molar-refractivity contribution >= 4 is 28.3 Å². The molecule has 2 atom stereocenters. The van der Waals surface area contributed by atoms with Gasteiger partial charge < -0.3 is 4.90 Å². The minimum Gasteiger partial charge on any atom is -0.338 e. The molecular formula is C17H18ClNO2S. The first-order chi connectivity index (χ1) is 10.5. The summed E-state index contributed by atoms with van der Waals surface area (Å²) in [5.74, 6) is -0.164. The third-order valence-electron chi connectivity index (χ3n) is 3.59. The van der Waals surface area contributed by atoms with Gasteiger partial charge in [0.15, 0.2) is 0 Å². The second-order valence-electron chi connectivity index (χ2n) is 5.04. The van der Waals surface area contributed by atoms with Gasteiger partial charge in [0, 0.05) is 17.0 Å². The zero-order valence-electron chi connectivity index (χ0n) is 12.5. The minimum absolute atomic E-state index is 0.0154. The van der Waals surface area contributed by atoms with E-state index in [9.17, 15) is 9.00 Å². The third kappa shape index (κ3) is 4.18. The van der Waals surface area contributed by atoms with E-state index in [1.165, 1.54) is 0 Å². The molecule has 2 rings (SSSR count). The molecule has 0 fully saturated rings. The van der Waals surface area contributed by atoms with Crippen LogP contribution in [0.5, 0.6) is 0 Å². The topological polar surface area (TPSA) is 37.4 Å². The molecule has 0 aromatic heterocycles. The largest absolute Gasteiger partial charge is 0.338 e. The summed E-state index contributed by atoms with van der Waals surface area (Å²) in [6, 6.07) is 16.3. The zero-order chi connectivity index (χ0) is 16.1. The summed E-state index contributed by atoms with van der Waals surface area (Å²) < 4.78 is 12.2. The van der Waals surface area contributed by atoms with Gasteiger partial charge in [0.05, 0.1) is 16.8 Å². The van der Waals surface area contributed by atoms with Crippen molar-refractivity contribution in [1.29, 1.82) is 0 Å². The minimum atomic E-state index is -1.32. The van der Waals surface area contributed by atoms with Crippen molar-refractivity contribution in [2.75, 3.05) is 12.8 Å². The van der Waals surface area contributed by atoms with E-state index >= 15 is 0 Å². The highest BCUT2D eigenvalue weighted by molar-refractivity contribution is 7.85. The third-order valence-corrected chi connectivity index (χ3v) is 5.15. The fraction of sp³-hybridized carbons (Fsp3) is 0.235. The fourth-order valence-corrected chi connectivity index (χ4v) is 3.23. The quantitative estimate of drug-likeness (QED) is 0.836. The van der Waals surface area contributed by atoms with Crippen LogP contribution in [0, 0.1) is 0 Å². The average molecular weight is 336 g/mol. The van der Waals surface area contributed by atoms with Gasteiger partial charge in [-0.25, -0.2) is 0 Å². The van der Waals surface area contributed by atoms with Crippen LogP contribution < -0.4 is 0 Å². The number of carbonyl (C=O) groups excluding carboxylic acids is 1. The van der Waals surface area contributed by atoms with Crippen LogP contribution >= 0.6 is 11.6 Å². The molecule has 0 unspecified atom stereocenters. The number of carbonyl (C=O) groups is 1. The predicted molar refractivity (Wildman–Crippen MR) is 90.4 cm³/mol. The van der Waals surface area contributed by atoms with E-state index in [-0.39, 0.29) is 17.7 Å². The van der Waals surface area contributed by atoms with Gasteiger partial charge in [-0.15, -0.1) is 0 Å². The number of amides is 1. The molecule has 0 aliphatic heterocycles. The Kier molecular flexibility index (Phi) is 5.75. The summed E-state index contributed by atoms with van der Waals surface area (Å²) in [7, 11) is 0.403. The molecule has 2 aromatic rings. The van der Waals surface area contributed by atoms with Crippen molar-refractivity contribution in [3.8, 4) is 0 Å². The molecule has 0 aliphatic carbocycles. The van der Waals surface area contributed by atoms with E-state index in [1.54, 1.807) is 36.2 Å². The van der Waals surface area contributed by atoms with Gasteiger partial charge in [0.1, 0.15) is 5.75 Å². The lowest BCUT2D eigenvalue weighted by molar-refractivity contribution is -0.129. The van der Waals surface area contributed by atoms with E-state index in [4.69, 9.17) is 11.6 Å². The maximum Gasteiger partial charge on any atom is 0.235 e. The molecule has 0 saturated heterocycles. The van der Waals surface area contributed by atoms with Gasteiger partial charge in [-0.1, -0.05) is 41.9 Å². The van der Waals surface area contributed by atoms with Gasteiger partial charge in [-0.05, 0) is 36.8 Å². The Morgan fingerprint density at radius 1 is 1.14 bits per heavy atom. The number of halogens is 1. The van der Waals surface area contributed by atoms with Crippen LogP contribution in [0.15, 0.2) is 59.5 Å². The molecule has 116 valence electrons. The summed E-state index contributed by atoms with van der Waals surface area (Å²) in [6.45, 7) is 1.94. The van der Waals surface area contributed by atoms with Crippen LogP contribution in [0.25, 0.3) is 0 Å². The first kappa shape index (κ1) is 16.7. The van der Waals surface area contributed by atoms with Crippen molar-refractivity contribution in [3.63, 3.8) is 0 Å². The predicted octanol–water partition coefficient (Wildman–Crippen LogP) is 3.67. The molecule has 0 spiro atoms. The summed E-state index contributed by atoms with van der Waals surface area (Å²) in [5.41, 5.74) is 0.991. The highest BCUT2D eigenvalue weighted by Crippen LogP contribution is 2.21. The molecule has 0 saturated carbocycles. The van der Waals surface area contributed by atoms with Crippen molar-refractivity contribution in [2.24, 2.45) is 0 Å². The smallest absolute Gasteiger partial charge is 0.235 e. The van der Waals surface area contributed by atoms with E-state index < -0.39 is 10.8 Å². The van der Waals surface area contributed by atoms with E-state index in [0.717, 1.165) is 5.56 Å². The molecule has 3 nitrogen and oxygen atoms in total. The van der Waals surface area contributed by atoms with Crippen molar-refractivity contribution in [2.45, 2.75) is 17.9 Å². The maximum absolute atomic E-state index is 12.3. The SMILES string of the molecule is C[C@H](c1ccc(Cl)cc1)N(C)C(=O)C[S@@](=O)c1ccccc1. The van der Waals surface area contributed by atoms with Crippen LogP contribution in [0.3, 0.4) is 0 Å². The molecule has 5 heteroatoms. The van der Waals surface area contributed by atoms with Gasteiger partial charge in [0.2, 0.25) is 5.91 Å². The van der Waals surface area contributed by atoms with E-state index in [2.05, 4.69) is 0 Å². The second kappa shape index (κ2) is 7.56. The standard InChI is InChI=1S/C17H18ClNO2S/c1-13(14-8-10-15(18)11-9-14)19(2)17(20)12-22(21)16-6-4-3-5-7-16/h3-11,13H,12H2,1-2H3/t13-,22-/m1/s1. The summed E-state index contributed by atoms with van der Waals surface area (Å²) >= 11 is 5.87. The first-order valence-electron chi connectivity index (χ1n) is 6.93. The van der Waals surface area contributed by atoms with Crippen LogP contribution in [-0.2, 0) is 15.6 Å². The highest BCUT2D eigenvalue weighted by Gasteiger charge is 2.19. The molecular weight excluding hydrogens is 318 g/mol. The molecule has 0 radical (unpaired) electrons. The lowest BCUT2D eigenvalue weighted by atomic mass is 10.1. The maximum atomic E-state index is 12.3. The molecule has 1 amide bonds. The van der Waals surface area contributed by atoms with E-state index in [1.807, 2.05) is 37.3 Å². The summed E-state index contributed by atoms with van der Waals surface area (Å²) in [4.78, 5) is 14.6. The highest BCUT2D eigenvalue weighted by atomic mass is 35.5. The molecule has 0 aliphatic rings. The first-order valence-corrected chi connectivity index (χ1v) is 8.63. The van der Waals surface area contributed by atoms with Crippen LogP contribution in [0.2, 0.25) is 5.02 Å². The Bertz CT molecular complexity index is 658. The molecule has 2 aromatic carbocycles. The number of nitrogens with zero attached hydrogens (tertiary/aromatic N) is 1. The summed E-state index contributed by atoms with van der Waals surface area (Å²) in [5, 5.41) is 0.662. The lowest BCUT2D eigenvalue weighted by Crippen LogP contribution is -2.33. The average Bonchev–Trinajstić information content (AvgIpc) is 2.55. The molecule has 0 heterocycles. The Labute approximate surface area is 138 Å². The van der Waals surface area contributed by atoms with Crippen molar-refractivity contribution < 1.29 is 9.00 Å². The molecule has 0 bridgehead atoms.